The number of carbonyl (C=O) groups is 1. The summed E-state index contributed by atoms with van der Waals surface area (Å²) in [5.41, 5.74) is 1.91. The van der Waals surface area contributed by atoms with Crippen molar-refractivity contribution in [3.8, 4) is 0 Å². The first-order valence-electron chi connectivity index (χ1n) is 6.21. The van der Waals surface area contributed by atoms with Gasteiger partial charge in [0.15, 0.2) is 6.10 Å². The molecule has 3 heteroatoms. The van der Waals surface area contributed by atoms with Crippen molar-refractivity contribution in [3.05, 3.63) is 71.8 Å². The lowest BCUT2D eigenvalue weighted by Gasteiger charge is -2.09. The Morgan fingerprint density at radius 3 is 2.26 bits per heavy atom. The fourth-order valence-electron chi connectivity index (χ4n) is 2.05. The lowest BCUT2D eigenvalue weighted by molar-refractivity contribution is -0.122. The lowest BCUT2D eigenvalue weighted by Crippen LogP contribution is -2.20. The number of hydrogen-bond acceptors (Lipinski definition) is 2. The summed E-state index contributed by atoms with van der Waals surface area (Å²) in [4.78, 5) is 15.8. The van der Waals surface area contributed by atoms with E-state index in [-0.39, 0.29) is 5.91 Å². The molecular weight excluding hydrogens is 238 g/mol. The van der Waals surface area contributed by atoms with Gasteiger partial charge in [0.1, 0.15) is 0 Å². The van der Waals surface area contributed by atoms with Crippen LogP contribution in [0.15, 0.2) is 65.7 Å². The third-order valence-corrected chi connectivity index (χ3v) is 3.03. The molecule has 2 aromatic rings. The van der Waals surface area contributed by atoms with Crippen LogP contribution in [-0.2, 0) is 16.0 Å². The van der Waals surface area contributed by atoms with Gasteiger partial charge in [-0.3, -0.25) is 4.79 Å². The van der Waals surface area contributed by atoms with Crippen LogP contribution in [0.3, 0.4) is 0 Å². The number of benzene rings is 2. The first-order chi connectivity index (χ1) is 9.33. The van der Waals surface area contributed by atoms with Crippen molar-refractivity contribution in [1.29, 1.82) is 0 Å². The van der Waals surface area contributed by atoms with E-state index in [4.69, 9.17) is 4.74 Å². The van der Waals surface area contributed by atoms with Crippen LogP contribution in [0.25, 0.3) is 0 Å². The van der Waals surface area contributed by atoms with Crippen LogP contribution < -0.4 is 0 Å². The summed E-state index contributed by atoms with van der Waals surface area (Å²) in [5.74, 6) is 0.217. The highest BCUT2D eigenvalue weighted by Gasteiger charge is 2.29. The highest BCUT2D eigenvalue weighted by atomic mass is 16.5. The molecule has 1 unspecified atom stereocenters. The zero-order valence-corrected chi connectivity index (χ0v) is 10.3. The molecule has 0 bridgehead atoms. The topological polar surface area (TPSA) is 38.7 Å². The summed E-state index contributed by atoms with van der Waals surface area (Å²) in [7, 11) is 0. The summed E-state index contributed by atoms with van der Waals surface area (Å²) in [6, 6.07) is 19.3. The molecule has 0 aliphatic carbocycles. The second-order valence-electron chi connectivity index (χ2n) is 4.42. The van der Waals surface area contributed by atoms with E-state index in [0.717, 1.165) is 11.1 Å². The average molecular weight is 251 g/mol. The van der Waals surface area contributed by atoms with Crippen molar-refractivity contribution >= 4 is 11.8 Å². The van der Waals surface area contributed by atoms with Crippen molar-refractivity contribution < 1.29 is 9.53 Å². The Morgan fingerprint density at radius 2 is 1.58 bits per heavy atom. The molecule has 3 rings (SSSR count). The molecule has 0 radical (unpaired) electrons. The molecular formula is C16H13NO2. The van der Waals surface area contributed by atoms with Gasteiger partial charge in [0.05, 0.1) is 0 Å². The van der Waals surface area contributed by atoms with E-state index in [1.807, 2.05) is 60.7 Å². The monoisotopic (exact) mass is 251 g/mol. The van der Waals surface area contributed by atoms with E-state index in [0.29, 0.717) is 12.3 Å². The Hall–Kier alpha value is -2.42. The van der Waals surface area contributed by atoms with Gasteiger partial charge in [-0.2, -0.15) is 4.99 Å². The first kappa shape index (κ1) is 11.7. The van der Waals surface area contributed by atoms with E-state index in [1.54, 1.807) is 0 Å². The Labute approximate surface area is 111 Å². The van der Waals surface area contributed by atoms with Gasteiger partial charge in [0.2, 0.25) is 5.90 Å². The molecule has 94 valence electrons. The van der Waals surface area contributed by atoms with Gasteiger partial charge < -0.3 is 4.74 Å². The minimum Gasteiger partial charge on any atom is -0.463 e. The molecule has 0 spiro atoms. The average Bonchev–Trinajstić information content (AvgIpc) is 2.82. The van der Waals surface area contributed by atoms with Gasteiger partial charge in [-0.15, -0.1) is 0 Å². The van der Waals surface area contributed by atoms with Crippen LogP contribution in [0.4, 0.5) is 0 Å². The standard InChI is InChI=1S/C16H13NO2/c18-15-14(11-12-7-3-1-4-8-12)19-16(17-15)13-9-5-2-6-10-13/h1-10,14H,11H2. The Morgan fingerprint density at radius 1 is 0.947 bits per heavy atom. The van der Waals surface area contributed by atoms with Gasteiger partial charge in [-0.1, -0.05) is 48.5 Å². The fraction of sp³-hybridized carbons (Fsp3) is 0.125. The molecule has 1 aliphatic heterocycles. The minimum atomic E-state index is -0.502. The first-order valence-corrected chi connectivity index (χ1v) is 6.21. The summed E-state index contributed by atoms with van der Waals surface area (Å²) in [6.45, 7) is 0. The lowest BCUT2D eigenvalue weighted by atomic mass is 10.1. The number of hydrogen-bond donors (Lipinski definition) is 0. The SMILES string of the molecule is O=C1N=C(c2ccccc2)OC1Cc1ccccc1. The highest BCUT2D eigenvalue weighted by molar-refractivity contribution is 6.07. The molecule has 0 saturated carbocycles. The molecule has 1 atom stereocenters. The largest absolute Gasteiger partial charge is 0.463 e. The van der Waals surface area contributed by atoms with E-state index >= 15 is 0 Å². The molecule has 2 aromatic carbocycles. The van der Waals surface area contributed by atoms with Crippen molar-refractivity contribution in [1.82, 2.24) is 0 Å². The van der Waals surface area contributed by atoms with Crippen LogP contribution in [-0.4, -0.2) is 17.9 Å². The molecule has 0 N–H and O–H groups in total. The van der Waals surface area contributed by atoms with Crippen LogP contribution in [0.1, 0.15) is 11.1 Å². The summed E-state index contributed by atoms with van der Waals surface area (Å²) >= 11 is 0. The number of nitrogens with zero attached hydrogens (tertiary/aromatic N) is 1. The predicted octanol–water partition coefficient (Wildman–Crippen LogP) is 2.60. The molecule has 1 amide bonds. The zero-order valence-electron chi connectivity index (χ0n) is 10.3. The van der Waals surface area contributed by atoms with Crippen molar-refractivity contribution in [2.24, 2.45) is 4.99 Å². The number of amides is 1. The van der Waals surface area contributed by atoms with Gasteiger partial charge in [-0.25, -0.2) is 0 Å². The Kier molecular flexibility index (Phi) is 3.11. The Balaban J connectivity index is 1.74. The maximum atomic E-state index is 11.8. The quantitative estimate of drug-likeness (QED) is 0.841. The number of carbonyl (C=O) groups excluding carboxylic acids is 1. The molecule has 1 aliphatic rings. The normalized spacial score (nSPS) is 18.0. The molecule has 0 aromatic heterocycles. The van der Waals surface area contributed by atoms with Crippen molar-refractivity contribution in [2.75, 3.05) is 0 Å². The van der Waals surface area contributed by atoms with Crippen LogP contribution in [0, 0.1) is 0 Å². The third kappa shape index (κ3) is 2.55. The molecule has 19 heavy (non-hydrogen) atoms. The van der Waals surface area contributed by atoms with Gasteiger partial charge >= 0.3 is 0 Å². The van der Waals surface area contributed by atoms with Gasteiger partial charge in [0.25, 0.3) is 5.91 Å². The molecule has 0 saturated heterocycles. The molecule has 0 fully saturated rings. The summed E-state index contributed by atoms with van der Waals surface area (Å²) in [6.07, 6.45) is 0.0528. The predicted molar refractivity (Wildman–Crippen MR) is 73.0 cm³/mol. The van der Waals surface area contributed by atoms with Crippen LogP contribution >= 0.6 is 0 Å². The van der Waals surface area contributed by atoms with Crippen molar-refractivity contribution in [2.45, 2.75) is 12.5 Å². The fourth-order valence-corrected chi connectivity index (χ4v) is 2.05. The smallest absolute Gasteiger partial charge is 0.290 e. The second-order valence-corrected chi connectivity index (χ2v) is 4.42. The minimum absolute atomic E-state index is 0.206. The van der Waals surface area contributed by atoms with E-state index in [9.17, 15) is 4.79 Å². The molecule has 1 heterocycles. The van der Waals surface area contributed by atoms with E-state index < -0.39 is 6.10 Å². The van der Waals surface area contributed by atoms with Crippen LogP contribution in [0.5, 0.6) is 0 Å². The zero-order chi connectivity index (χ0) is 13.1. The Bertz CT molecular complexity index is 605. The molecule has 3 nitrogen and oxygen atoms in total. The maximum Gasteiger partial charge on any atom is 0.290 e. The maximum absolute atomic E-state index is 11.8. The number of rotatable bonds is 3. The third-order valence-electron chi connectivity index (χ3n) is 3.03. The van der Waals surface area contributed by atoms with Gasteiger partial charge in [0, 0.05) is 12.0 Å². The highest BCUT2D eigenvalue weighted by Crippen LogP contribution is 2.17. The number of ether oxygens (including phenoxy) is 1. The second kappa shape index (κ2) is 5.06. The van der Waals surface area contributed by atoms with E-state index in [2.05, 4.69) is 4.99 Å². The van der Waals surface area contributed by atoms with E-state index in [1.165, 1.54) is 0 Å². The van der Waals surface area contributed by atoms with Crippen LogP contribution in [0.2, 0.25) is 0 Å². The summed E-state index contributed by atoms with van der Waals surface area (Å²) in [5, 5.41) is 0. The number of aliphatic imine (C=N–C) groups is 1. The van der Waals surface area contributed by atoms with Gasteiger partial charge in [-0.05, 0) is 17.7 Å². The summed E-state index contributed by atoms with van der Waals surface area (Å²) < 4.78 is 5.66. The van der Waals surface area contributed by atoms with Crippen molar-refractivity contribution in [3.63, 3.8) is 0 Å².